The zero-order valence-electron chi connectivity index (χ0n) is 11.4. The minimum absolute atomic E-state index is 0.186. The van der Waals surface area contributed by atoms with Gasteiger partial charge in [-0.25, -0.2) is 4.39 Å². The average molecular weight is 251 g/mol. The number of unbranched alkanes of at least 4 members (excludes halogenated alkanes) is 1. The fraction of sp³-hybridized carbons (Fsp3) is 0.600. The molecule has 0 aromatic heterocycles. The SMILES string of the molecule is CCCCNC1CC(C)(C)Oc2ccc(F)cc21. The van der Waals surface area contributed by atoms with Crippen molar-refractivity contribution in [2.24, 2.45) is 0 Å². The standard InChI is InChI=1S/C15H22FNO/c1-4-5-8-17-13-10-15(2,3)18-14-7-6-11(16)9-12(13)14/h6-7,9,13,17H,4-5,8,10H2,1-3H3. The lowest BCUT2D eigenvalue weighted by atomic mass is 9.89. The highest BCUT2D eigenvalue weighted by atomic mass is 19.1. The molecule has 0 saturated carbocycles. The summed E-state index contributed by atoms with van der Waals surface area (Å²) in [4.78, 5) is 0. The molecule has 0 amide bonds. The van der Waals surface area contributed by atoms with E-state index in [-0.39, 0.29) is 17.5 Å². The van der Waals surface area contributed by atoms with E-state index < -0.39 is 0 Å². The maximum absolute atomic E-state index is 13.4. The highest BCUT2D eigenvalue weighted by molar-refractivity contribution is 5.39. The fourth-order valence-corrected chi connectivity index (χ4v) is 2.46. The van der Waals surface area contributed by atoms with Crippen LogP contribution in [0.2, 0.25) is 0 Å². The second-order valence-corrected chi connectivity index (χ2v) is 5.61. The van der Waals surface area contributed by atoms with Gasteiger partial charge in [0.05, 0.1) is 0 Å². The predicted molar refractivity (Wildman–Crippen MR) is 71.4 cm³/mol. The summed E-state index contributed by atoms with van der Waals surface area (Å²) in [6.07, 6.45) is 3.17. The van der Waals surface area contributed by atoms with E-state index in [1.807, 2.05) is 0 Å². The van der Waals surface area contributed by atoms with Gasteiger partial charge in [0.25, 0.3) is 0 Å². The average Bonchev–Trinajstić information content (AvgIpc) is 2.29. The Labute approximate surface area is 109 Å². The third-order valence-corrected chi connectivity index (χ3v) is 3.35. The summed E-state index contributed by atoms with van der Waals surface area (Å²) in [6, 6.07) is 4.98. The summed E-state index contributed by atoms with van der Waals surface area (Å²) >= 11 is 0. The minimum Gasteiger partial charge on any atom is -0.487 e. The molecule has 18 heavy (non-hydrogen) atoms. The molecule has 1 heterocycles. The maximum Gasteiger partial charge on any atom is 0.125 e. The highest BCUT2D eigenvalue weighted by Crippen LogP contribution is 2.39. The van der Waals surface area contributed by atoms with Gasteiger partial charge in [-0.15, -0.1) is 0 Å². The van der Waals surface area contributed by atoms with Crippen molar-refractivity contribution in [2.45, 2.75) is 51.7 Å². The fourth-order valence-electron chi connectivity index (χ4n) is 2.46. The van der Waals surface area contributed by atoms with Gasteiger partial charge >= 0.3 is 0 Å². The van der Waals surface area contributed by atoms with Crippen LogP contribution in [0.5, 0.6) is 5.75 Å². The molecular formula is C15H22FNO. The van der Waals surface area contributed by atoms with Gasteiger partial charge in [0.1, 0.15) is 17.2 Å². The number of fused-ring (bicyclic) bond motifs is 1. The summed E-state index contributed by atoms with van der Waals surface area (Å²) in [7, 11) is 0. The van der Waals surface area contributed by atoms with Crippen molar-refractivity contribution in [3.63, 3.8) is 0 Å². The molecule has 1 aromatic carbocycles. The molecule has 0 saturated heterocycles. The molecule has 1 N–H and O–H groups in total. The van der Waals surface area contributed by atoms with Crippen molar-refractivity contribution in [3.05, 3.63) is 29.6 Å². The van der Waals surface area contributed by atoms with Crippen molar-refractivity contribution in [1.29, 1.82) is 0 Å². The number of hydrogen-bond donors (Lipinski definition) is 1. The minimum atomic E-state index is -0.200. The van der Waals surface area contributed by atoms with Crippen molar-refractivity contribution in [2.75, 3.05) is 6.54 Å². The number of benzene rings is 1. The van der Waals surface area contributed by atoms with E-state index in [2.05, 4.69) is 26.1 Å². The lowest BCUT2D eigenvalue weighted by Gasteiger charge is -2.38. The van der Waals surface area contributed by atoms with Crippen LogP contribution in [-0.4, -0.2) is 12.1 Å². The van der Waals surface area contributed by atoms with Gasteiger partial charge in [0, 0.05) is 18.0 Å². The Morgan fingerprint density at radius 3 is 2.94 bits per heavy atom. The summed E-state index contributed by atoms with van der Waals surface area (Å²) in [5.74, 6) is 0.612. The van der Waals surface area contributed by atoms with E-state index in [4.69, 9.17) is 4.74 Å². The van der Waals surface area contributed by atoms with E-state index in [1.54, 1.807) is 12.1 Å². The predicted octanol–water partition coefficient (Wildman–Crippen LogP) is 3.82. The Morgan fingerprint density at radius 1 is 1.44 bits per heavy atom. The zero-order valence-corrected chi connectivity index (χ0v) is 11.4. The molecule has 0 spiro atoms. The molecule has 1 atom stereocenters. The van der Waals surface area contributed by atoms with Crippen LogP contribution in [0.3, 0.4) is 0 Å². The topological polar surface area (TPSA) is 21.3 Å². The molecule has 0 radical (unpaired) electrons. The van der Waals surface area contributed by atoms with Crippen molar-refractivity contribution >= 4 is 0 Å². The van der Waals surface area contributed by atoms with Crippen LogP contribution in [0.4, 0.5) is 4.39 Å². The smallest absolute Gasteiger partial charge is 0.125 e. The zero-order chi connectivity index (χ0) is 13.2. The first-order valence-corrected chi connectivity index (χ1v) is 6.74. The number of nitrogens with one attached hydrogen (secondary N) is 1. The molecule has 0 aliphatic carbocycles. The molecule has 1 unspecified atom stereocenters. The first-order valence-electron chi connectivity index (χ1n) is 6.74. The number of hydrogen-bond acceptors (Lipinski definition) is 2. The Bertz CT molecular complexity index is 417. The van der Waals surface area contributed by atoms with E-state index >= 15 is 0 Å². The lowest BCUT2D eigenvalue weighted by Crippen LogP contribution is -2.39. The first kappa shape index (κ1) is 13.3. The Hall–Kier alpha value is -1.09. The molecule has 2 rings (SSSR count). The molecular weight excluding hydrogens is 229 g/mol. The van der Waals surface area contributed by atoms with E-state index in [0.29, 0.717) is 0 Å². The first-order chi connectivity index (χ1) is 8.52. The largest absolute Gasteiger partial charge is 0.487 e. The molecule has 2 nitrogen and oxygen atoms in total. The second kappa shape index (κ2) is 5.27. The van der Waals surface area contributed by atoms with Gasteiger partial charge in [-0.2, -0.15) is 0 Å². The molecule has 1 aromatic rings. The second-order valence-electron chi connectivity index (χ2n) is 5.61. The van der Waals surface area contributed by atoms with Crippen molar-refractivity contribution in [3.8, 4) is 5.75 Å². The van der Waals surface area contributed by atoms with E-state index in [9.17, 15) is 4.39 Å². The van der Waals surface area contributed by atoms with Crippen molar-refractivity contribution in [1.82, 2.24) is 5.32 Å². The van der Waals surface area contributed by atoms with E-state index in [0.717, 1.165) is 37.1 Å². The lowest BCUT2D eigenvalue weighted by molar-refractivity contribution is 0.0658. The van der Waals surface area contributed by atoms with Crippen LogP contribution in [0.1, 0.15) is 51.6 Å². The summed E-state index contributed by atoms with van der Waals surface area (Å²) in [5, 5.41) is 3.51. The molecule has 0 fully saturated rings. The molecule has 3 heteroatoms. The Morgan fingerprint density at radius 2 is 2.22 bits per heavy atom. The van der Waals surface area contributed by atoms with Crippen LogP contribution in [0.15, 0.2) is 18.2 Å². The summed E-state index contributed by atoms with van der Waals surface area (Å²) in [6.45, 7) is 7.29. The number of rotatable bonds is 4. The maximum atomic E-state index is 13.4. The van der Waals surface area contributed by atoms with Crippen molar-refractivity contribution < 1.29 is 9.13 Å². The quantitative estimate of drug-likeness (QED) is 0.821. The summed E-state index contributed by atoms with van der Waals surface area (Å²) in [5.41, 5.74) is 0.750. The van der Waals surface area contributed by atoms with Gasteiger partial charge < -0.3 is 10.1 Å². The van der Waals surface area contributed by atoms with Crippen LogP contribution >= 0.6 is 0 Å². The summed E-state index contributed by atoms with van der Waals surface area (Å²) < 4.78 is 19.3. The normalized spacial score (nSPS) is 21.2. The Kier molecular flexibility index (Phi) is 3.91. The third kappa shape index (κ3) is 3.02. The highest BCUT2D eigenvalue weighted by Gasteiger charge is 2.33. The van der Waals surface area contributed by atoms with Crippen LogP contribution in [-0.2, 0) is 0 Å². The molecule has 0 bridgehead atoms. The molecule has 1 aliphatic heterocycles. The van der Waals surface area contributed by atoms with Gasteiger partial charge in [-0.1, -0.05) is 13.3 Å². The van der Waals surface area contributed by atoms with Crippen LogP contribution in [0, 0.1) is 5.82 Å². The molecule has 100 valence electrons. The Balaban J connectivity index is 2.21. The molecule has 1 aliphatic rings. The van der Waals surface area contributed by atoms with E-state index in [1.165, 1.54) is 6.07 Å². The third-order valence-electron chi connectivity index (χ3n) is 3.35. The van der Waals surface area contributed by atoms with Crippen LogP contribution < -0.4 is 10.1 Å². The number of ether oxygens (including phenoxy) is 1. The van der Waals surface area contributed by atoms with Gasteiger partial charge in [0.2, 0.25) is 0 Å². The van der Waals surface area contributed by atoms with Gasteiger partial charge in [-0.3, -0.25) is 0 Å². The van der Waals surface area contributed by atoms with Gasteiger partial charge in [0.15, 0.2) is 0 Å². The van der Waals surface area contributed by atoms with Gasteiger partial charge in [-0.05, 0) is 45.0 Å². The monoisotopic (exact) mass is 251 g/mol. The number of halogens is 1. The van der Waals surface area contributed by atoms with Crippen LogP contribution in [0.25, 0.3) is 0 Å².